The van der Waals surface area contributed by atoms with E-state index in [0.29, 0.717) is 22.5 Å². The van der Waals surface area contributed by atoms with Crippen molar-refractivity contribution in [1.29, 1.82) is 0 Å². The highest BCUT2D eigenvalue weighted by atomic mass is 32.2. The Bertz CT molecular complexity index is 445. The largest absolute Gasteiger partial charge is 0.271 e. The summed E-state index contributed by atoms with van der Waals surface area (Å²) in [5.74, 6) is 7.12. The van der Waals surface area contributed by atoms with Crippen LogP contribution in [0.4, 0.5) is 8.78 Å². The van der Waals surface area contributed by atoms with Crippen molar-refractivity contribution in [3.8, 4) is 0 Å². The van der Waals surface area contributed by atoms with Crippen LogP contribution in [-0.4, -0.2) is 28.0 Å². The highest BCUT2D eigenvalue weighted by molar-refractivity contribution is 8.07. The quantitative estimate of drug-likeness (QED) is 0.647. The van der Waals surface area contributed by atoms with Crippen LogP contribution < -0.4 is 11.3 Å². The summed E-state index contributed by atoms with van der Waals surface area (Å²) in [4.78, 5) is 0. The lowest BCUT2D eigenvalue weighted by atomic mass is 10.00. The van der Waals surface area contributed by atoms with E-state index in [9.17, 15) is 8.78 Å². The van der Waals surface area contributed by atoms with Gasteiger partial charge in [-0.15, -0.1) is 0 Å². The van der Waals surface area contributed by atoms with E-state index in [2.05, 4.69) is 12.3 Å². The molecular formula is C14H20F2N2S2. The van der Waals surface area contributed by atoms with E-state index in [4.69, 9.17) is 5.84 Å². The first-order valence-electron chi connectivity index (χ1n) is 6.79. The third-order valence-electron chi connectivity index (χ3n) is 3.55. The Hall–Kier alpha value is -0.300. The second kappa shape index (κ2) is 7.64. The standard InChI is InChI=1S/C14H20F2N2S2/c1-2-13-14(20-6-5-19-13)12(18-17)8-9-7-10(15)3-4-11(9)16/h3-4,7,12-14,18H,2,5-6,8,17H2,1H3. The molecule has 20 heavy (non-hydrogen) atoms. The number of hydrogen-bond acceptors (Lipinski definition) is 4. The lowest BCUT2D eigenvalue weighted by Crippen LogP contribution is -2.49. The molecule has 0 aliphatic carbocycles. The third-order valence-corrected chi connectivity index (χ3v) is 6.96. The van der Waals surface area contributed by atoms with Gasteiger partial charge in [0.25, 0.3) is 0 Å². The predicted molar refractivity (Wildman–Crippen MR) is 84.0 cm³/mol. The fourth-order valence-corrected chi connectivity index (χ4v) is 5.76. The fourth-order valence-electron chi connectivity index (χ4n) is 2.52. The van der Waals surface area contributed by atoms with Crippen LogP contribution in [0.25, 0.3) is 0 Å². The van der Waals surface area contributed by atoms with Crippen LogP contribution in [0.5, 0.6) is 0 Å². The molecular weight excluding hydrogens is 298 g/mol. The molecule has 0 amide bonds. The highest BCUT2D eigenvalue weighted by Crippen LogP contribution is 2.36. The van der Waals surface area contributed by atoms with Crippen molar-refractivity contribution >= 4 is 23.5 Å². The van der Waals surface area contributed by atoms with Crippen LogP contribution in [0.1, 0.15) is 18.9 Å². The van der Waals surface area contributed by atoms with Gasteiger partial charge in [-0.3, -0.25) is 11.3 Å². The van der Waals surface area contributed by atoms with E-state index in [1.165, 1.54) is 12.1 Å². The summed E-state index contributed by atoms with van der Waals surface area (Å²) in [6.45, 7) is 2.16. The SMILES string of the molecule is CCC1SCCSC1C(Cc1cc(F)ccc1F)NN. The molecule has 1 aliphatic heterocycles. The van der Waals surface area contributed by atoms with Gasteiger partial charge in [0, 0.05) is 28.0 Å². The molecule has 0 aromatic heterocycles. The van der Waals surface area contributed by atoms with Gasteiger partial charge in [0.15, 0.2) is 0 Å². The van der Waals surface area contributed by atoms with Crippen LogP contribution in [0.3, 0.4) is 0 Å². The lowest BCUT2D eigenvalue weighted by molar-refractivity contribution is 0.477. The second-order valence-electron chi connectivity index (χ2n) is 4.87. The van der Waals surface area contributed by atoms with Gasteiger partial charge in [-0.1, -0.05) is 6.92 Å². The van der Waals surface area contributed by atoms with Gasteiger partial charge in [0.2, 0.25) is 0 Å². The van der Waals surface area contributed by atoms with Gasteiger partial charge in [-0.2, -0.15) is 23.5 Å². The van der Waals surface area contributed by atoms with E-state index >= 15 is 0 Å². The van der Waals surface area contributed by atoms with Gasteiger partial charge in [-0.05, 0) is 36.6 Å². The average molecular weight is 318 g/mol. The van der Waals surface area contributed by atoms with Crippen molar-refractivity contribution in [2.24, 2.45) is 5.84 Å². The van der Waals surface area contributed by atoms with Crippen molar-refractivity contribution in [1.82, 2.24) is 5.43 Å². The highest BCUT2D eigenvalue weighted by Gasteiger charge is 2.32. The zero-order chi connectivity index (χ0) is 14.5. The Labute approximate surface area is 127 Å². The molecule has 0 spiro atoms. The van der Waals surface area contributed by atoms with Crippen molar-refractivity contribution in [3.63, 3.8) is 0 Å². The summed E-state index contributed by atoms with van der Waals surface area (Å²) >= 11 is 3.83. The summed E-state index contributed by atoms with van der Waals surface area (Å²) in [5, 5.41) is 0.831. The maximum absolute atomic E-state index is 13.8. The molecule has 3 atom stereocenters. The lowest BCUT2D eigenvalue weighted by Gasteiger charge is -2.35. The van der Waals surface area contributed by atoms with E-state index in [0.717, 1.165) is 24.0 Å². The molecule has 2 nitrogen and oxygen atoms in total. The van der Waals surface area contributed by atoms with Gasteiger partial charge >= 0.3 is 0 Å². The molecule has 3 N–H and O–H groups in total. The van der Waals surface area contributed by atoms with Crippen molar-refractivity contribution in [3.05, 3.63) is 35.4 Å². The van der Waals surface area contributed by atoms with Gasteiger partial charge in [-0.25, -0.2) is 8.78 Å². The molecule has 6 heteroatoms. The van der Waals surface area contributed by atoms with E-state index in [1.54, 1.807) is 0 Å². The Morgan fingerprint density at radius 3 is 2.80 bits per heavy atom. The van der Waals surface area contributed by atoms with E-state index < -0.39 is 5.82 Å². The summed E-state index contributed by atoms with van der Waals surface area (Å²) in [7, 11) is 0. The molecule has 1 heterocycles. The molecule has 0 radical (unpaired) electrons. The normalized spacial score (nSPS) is 24.6. The van der Waals surface area contributed by atoms with Crippen LogP contribution in [0.15, 0.2) is 18.2 Å². The number of thioether (sulfide) groups is 2. The minimum absolute atomic E-state index is 0.0472. The first-order valence-corrected chi connectivity index (χ1v) is 8.88. The maximum Gasteiger partial charge on any atom is 0.126 e. The fraction of sp³-hybridized carbons (Fsp3) is 0.571. The summed E-state index contributed by atoms with van der Waals surface area (Å²) in [6.07, 6.45) is 1.47. The number of benzene rings is 1. The Balaban J connectivity index is 2.13. The summed E-state index contributed by atoms with van der Waals surface area (Å²) < 4.78 is 27.0. The number of nitrogens with two attached hydrogens (primary N) is 1. The van der Waals surface area contributed by atoms with Crippen molar-refractivity contribution in [2.75, 3.05) is 11.5 Å². The molecule has 112 valence electrons. The number of hydrazine groups is 1. The molecule has 0 saturated carbocycles. The minimum atomic E-state index is -0.408. The van der Waals surface area contributed by atoms with Gasteiger partial charge in [0.05, 0.1) is 0 Å². The molecule has 0 bridgehead atoms. The summed E-state index contributed by atoms with van der Waals surface area (Å²) in [5.41, 5.74) is 3.20. The van der Waals surface area contributed by atoms with Crippen LogP contribution >= 0.6 is 23.5 Å². The maximum atomic E-state index is 13.8. The zero-order valence-electron chi connectivity index (χ0n) is 11.4. The van der Waals surface area contributed by atoms with Crippen molar-refractivity contribution in [2.45, 2.75) is 36.3 Å². The smallest absolute Gasteiger partial charge is 0.126 e. The first kappa shape index (κ1) is 16.1. The molecule has 1 aromatic carbocycles. The topological polar surface area (TPSA) is 38.0 Å². The molecule has 1 aliphatic rings. The van der Waals surface area contributed by atoms with E-state index in [1.807, 2.05) is 23.5 Å². The van der Waals surface area contributed by atoms with E-state index in [-0.39, 0.29) is 11.9 Å². The Morgan fingerprint density at radius 2 is 2.10 bits per heavy atom. The average Bonchev–Trinajstić information content (AvgIpc) is 2.48. The Kier molecular flexibility index (Phi) is 6.14. The van der Waals surface area contributed by atoms with Gasteiger partial charge < -0.3 is 0 Å². The first-order chi connectivity index (χ1) is 9.65. The Morgan fingerprint density at radius 1 is 1.35 bits per heavy atom. The molecule has 3 unspecified atom stereocenters. The number of nitrogens with one attached hydrogen (secondary N) is 1. The number of rotatable bonds is 5. The van der Waals surface area contributed by atoms with Gasteiger partial charge in [0.1, 0.15) is 11.6 Å². The number of hydrogen-bond donors (Lipinski definition) is 2. The minimum Gasteiger partial charge on any atom is -0.271 e. The third kappa shape index (κ3) is 3.87. The van der Waals surface area contributed by atoms with Crippen LogP contribution in [0, 0.1) is 11.6 Å². The molecule has 2 rings (SSSR count). The van der Waals surface area contributed by atoms with Crippen LogP contribution in [-0.2, 0) is 6.42 Å². The molecule has 1 fully saturated rings. The van der Waals surface area contributed by atoms with Crippen molar-refractivity contribution < 1.29 is 8.78 Å². The predicted octanol–water partition coefficient (Wildman–Crippen LogP) is 2.97. The molecule has 1 saturated heterocycles. The summed E-state index contributed by atoms with van der Waals surface area (Å²) in [6, 6.07) is 3.54. The monoisotopic (exact) mass is 318 g/mol. The molecule has 1 aromatic rings. The van der Waals surface area contributed by atoms with Crippen LogP contribution in [0.2, 0.25) is 0 Å². The second-order valence-corrected chi connectivity index (χ2v) is 7.50. The number of halogens is 2. The zero-order valence-corrected chi connectivity index (χ0v) is 13.1.